The van der Waals surface area contributed by atoms with Gasteiger partial charge in [0.1, 0.15) is 17.3 Å². The van der Waals surface area contributed by atoms with Crippen molar-refractivity contribution in [2.24, 2.45) is 0 Å². The van der Waals surface area contributed by atoms with E-state index in [9.17, 15) is 19.1 Å². The molecule has 3 aromatic rings. The number of aryl methyl sites for hydroxylation is 1. The highest BCUT2D eigenvalue weighted by atomic mass is 35.5. The smallest absolute Gasteiger partial charge is 0.295 e. The van der Waals surface area contributed by atoms with Gasteiger partial charge in [0.25, 0.3) is 11.7 Å². The van der Waals surface area contributed by atoms with Crippen LogP contribution in [0.5, 0.6) is 5.75 Å². The highest BCUT2D eigenvalue weighted by Gasteiger charge is 2.46. The number of methoxy groups -OCH3 is 1. The number of carbonyl (C=O) groups excluding carboxylic acids is 2. The standard InChI is InChI=1S/C26H21ClFNO4/c1-15-4-3-5-17(12-15)23-22(24(30)18-8-11-21(33-2)20(27)13-18)25(31)26(32)29(23)14-16-6-9-19(28)10-7-16/h3-13,23,30H,14H2,1-2H3/b24-22-. The van der Waals surface area contributed by atoms with E-state index in [1.807, 2.05) is 25.1 Å². The Morgan fingerprint density at radius 1 is 1.09 bits per heavy atom. The van der Waals surface area contributed by atoms with Gasteiger partial charge in [-0.1, -0.05) is 53.6 Å². The van der Waals surface area contributed by atoms with Gasteiger partial charge in [-0.15, -0.1) is 0 Å². The Kier molecular flexibility index (Phi) is 6.20. The van der Waals surface area contributed by atoms with Crippen LogP contribution in [0.2, 0.25) is 5.02 Å². The summed E-state index contributed by atoms with van der Waals surface area (Å²) in [7, 11) is 1.47. The van der Waals surface area contributed by atoms with Gasteiger partial charge in [-0.05, 0) is 48.4 Å². The summed E-state index contributed by atoms with van der Waals surface area (Å²) < 4.78 is 18.5. The van der Waals surface area contributed by atoms with E-state index in [1.54, 1.807) is 30.3 Å². The molecule has 1 saturated heterocycles. The number of aliphatic hydroxyl groups excluding tert-OH is 1. The number of amides is 1. The molecule has 0 bridgehead atoms. The van der Waals surface area contributed by atoms with E-state index in [0.717, 1.165) is 5.56 Å². The van der Waals surface area contributed by atoms with Crippen molar-refractivity contribution in [2.75, 3.05) is 7.11 Å². The number of likely N-dealkylation sites (tertiary alicyclic amines) is 1. The first-order valence-electron chi connectivity index (χ1n) is 10.2. The highest BCUT2D eigenvalue weighted by Crippen LogP contribution is 2.41. The summed E-state index contributed by atoms with van der Waals surface area (Å²) in [6, 6.07) is 16.9. The number of aliphatic hydroxyl groups is 1. The van der Waals surface area contributed by atoms with Crippen LogP contribution in [0.1, 0.15) is 28.3 Å². The predicted molar refractivity (Wildman–Crippen MR) is 123 cm³/mol. The number of ether oxygens (including phenoxy) is 1. The summed E-state index contributed by atoms with van der Waals surface area (Å²) in [6.45, 7) is 1.97. The third-order valence-corrected chi connectivity index (χ3v) is 5.88. The van der Waals surface area contributed by atoms with E-state index in [0.29, 0.717) is 22.4 Å². The summed E-state index contributed by atoms with van der Waals surface area (Å²) >= 11 is 6.22. The van der Waals surface area contributed by atoms with Crippen molar-refractivity contribution in [1.29, 1.82) is 0 Å². The summed E-state index contributed by atoms with van der Waals surface area (Å²) in [5.74, 6) is -1.85. The first-order chi connectivity index (χ1) is 15.8. The van der Waals surface area contributed by atoms with E-state index in [-0.39, 0.29) is 22.9 Å². The molecule has 0 spiro atoms. The zero-order chi connectivity index (χ0) is 23.7. The fourth-order valence-corrected chi connectivity index (χ4v) is 4.24. The molecule has 1 N–H and O–H groups in total. The topological polar surface area (TPSA) is 66.8 Å². The quantitative estimate of drug-likeness (QED) is 0.310. The number of hydrogen-bond donors (Lipinski definition) is 1. The van der Waals surface area contributed by atoms with Crippen molar-refractivity contribution >= 4 is 29.1 Å². The van der Waals surface area contributed by atoms with Crippen molar-refractivity contribution in [2.45, 2.75) is 19.5 Å². The van der Waals surface area contributed by atoms with E-state index in [2.05, 4.69) is 0 Å². The minimum absolute atomic E-state index is 0.0334. The van der Waals surface area contributed by atoms with Crippen LogP contribution in [0.15, 0.2) is 72.3 Å². The van der Waals surface area contributed by atoms with Crippen molar-refractivity contribution in [1.82, 2.24) is 4.90 Å². The third kappa shape index (κ3) is 4.34. The van der Waals surface area contributed by atoms with Crippen LogP contribution in [0.4, 0.5) is 4.39 Å². The molecule has 1 atom stereocenters. The fraction of sp³-hybridized carbons (Fsp3) is 0.154. The summed E-state index contributed by atoms with van der Waals surface area (Å²) in [4.78, 5) is 27.6. The number of hydrogen-bond acceptors (Lipinski definition) is 4. The van der Waals surface area contributed by atoms with Crippen molar-refractivity contribution in [3.8, 4) is 5.75 Å². The molecule has 1 heterocycles. The summed E-state index contributed by atoms with van der Waals surface area (Å²) in [6.07, 6.45) is 0. The van der Waals surface area contributed by atoms with Gasteiger partial charge < -0.3 is 14.7 Å². The molecule has 0 aromatic heterocycles. The Hall–Kier alpha value is -3.64. The van der Waals surface area contributed by atoms with E-state index >= 15 is 0 Å². The van der Waals surface area contributed by atoms with Crippen LogP contribution in [-0.2, 0) is 16.1 Å². The van der Waals surface area contributed by atoms with Crippen LogP contribution < -0.4 is 4.74 Å². The van der Waals surface area contributed by atoms with Gasteiger partial charge in [-0.3, -0.25) is 9.59 Å². The lowest BCUT2D eigenvalue weighted by Crippen LogP contribution is -2.29. The lowest BCUT2D eigenvalue weighted by atomic mass is 9.94. The molecule has 0 aliphatic carbocycles. The third-order valence-electron chi connectivity index (χ3n) is 5.59. The average Bonchev–Trinajstić information content (AvgIpc) is 3.05. The van der Waals surface area contributed by atoms with Gasteiger partial charge >= 0.3 is 0 Å². The van der Waals surface area contributed by atoms with Crippen LogP contribution >= 0.6 is 11.6 Å². The average molecular weight is 466 g/mol. The molecular formula is C26H21ClFNO4. The maximum absolute atomic E-state index is 13.4. The second kappa shape index (κ2) is 9.08. The molecule has 1 amide bonds. The SMILES string of the molecule is COc1ccc(/C(O)=C2/C(=O)C(=O)N(Cc3ccc(F)cc3)C2c2cccc(C)c2)cc1Cl. The number of benzene rings is 3. The zero-order valence-corrected chi connectivity index (χ0v) is 18.8. The molecule has 5 nitrogen and oxygen atoms in total. The summed E-state index contributed by atoms with van der Waals surface area (Å²) in [5.41, 5.74) is 2.53. The number of rotatable bonds is 5. The highest BCUT2D eigenvalue weighted by molar-refractivity contribution is 6.46. The van der Waals surface area contributed by atoms with Gasteiger partial charge in [0.15, 0.2) is 0 Å². The maximum Gasteiger partial charge on any atom is 0.295 e. The number of nitrogens with zero attached hydrogens (tertiary/aromatic N) is 1. The number of Topliss-reactive ketones (excluding diaryl/α,β-unsaturated/α-hetero) is 1. The maximum atomic E-state index is 13.4. The second-order valence-electron chi connectivity index (χ2n) is 7.82. The number of carbonyl (C=O) groups is 2. The van der Waals surface area contributed by atoms with Crippen LogP contribution in [0, 0.1) is 12.7 Å². The van der Waals surface area contributed by atoms with Crippen LogP contribution in [0.3, 0.4) is 0 Å². The van der Waals surface area contributed by atoms with Gasteiger partial charge in [-0.2, -0.15) is 0 Å². The largest absolute Gasteiger partial charge is 0.507 e. The Labute approximate surface area is 195 Å². The van der Waals surface area contributed by atoms with Crippen molar-refractivity contribution < 1.29 is 23.8 Å². The number of ketones is 1. The predicted octanol–water partition coefficient (Wildman–Crippen LogP) is 5.42. The van der Waals surface area contributed by atoms with Gasteiger partial charge in [0, 0.05) is 12.1 Å². The van der Waals surface area contributed by atoms with Gasteiger partial charge in [0.2, 0.25) is 0 Å². The van der Waals surface area contributed by atoms with Crippen LogP contribution in [0.25, 0.3) is 5.76 Å². The fourth-order valence-electron chi connectivity index (χ4n) is 3.99. The molecule has 3 aromatic carbocycles. The first-order valence-corrected chi connectivity index (χ1v) is 10.6. The van der Waals surface area contributed by atoms with Crippen molar-refractivity contribution in [3.05, 3.63) is 105 Å². The molecular weight excluding hydrogens is 445 g/mol. The summed E-state index contributed by atoms with van der Waals surface area (Å²) in [5, 5.41) is 11.4. The molecule has 4 rings (SSSR count). The molecule has 7 heteroatoms. The van der Waals surface area contributed by atoms with Gasteiger partial charge in [-0.25, -0.2) is 4.39 Å². The Morgan fingerprint density at radius 2 is 1.82 bits per heavy atom. The Morgan fingerprint density at radius 3 is 2.45 bits per heavy atom. The van der Waals surface area contributed by atoms with E-state index < -0.39 is 23.5 Å². The minimum Gasteiger partial charge on any atom is -0.507 e. The normalized spacial score (nSPS) is 17.5. The van der Waals surface area contributed by atoms with Crippen LogP contribution in [-0.4, -0.2) is 28.8 Å². The lowest BCUT2D eigenvalue weighted by molar-refractivity contribution is -0.140. The molecule has 33 heavy (non-hydrogen) atoms. The number of halogens is 2. The molecule has 168 valence electrons. The van der Waals surface area contributed by atoms with Crippen molar-refractivity contribution in [3.63, 3.8) is 0 Å². The minimum atomic E-state index is -0.823. The monoisotopic (exact) mass is 465 g/mol. The second-order valence-corrected chi connectivity index (χ2v) is 8.22. The molecule has 1 aliphatic heterocycles. The first kappa shape index (κ1) is 22.6. The van der Waals surface area contributed by atoms with E-state index in [1.165, 1.54) is 30.2 Å². The lowest BCUT2D eigenvalue weighted by Gasteiger charge is -2.25. The zero-order valence-electron chi connectivity index (χ0n) is 18.0. The van der Waals surface area contributed by atoms with E-state index in [4.69, 9.17) is 16.3 Å². The molecule has 0 saturated carbocycles. The molecule has 1 unspecified atom stereocenters. The molecule has 1 fully saturated rings. The van der Waals surface area contributed by atoms with Gasteiger partial charge in [0.05, 0.1) is 23.7 Å². The Bertz CT molecular complexity index is 1270. The molecule has 1 aliphatic rings. The molecule has 0 radical (unpaired) electrons. The Balaban J connectivity index is 1.86.